The summed E-state index contributed by atoms with van der Waals surface area (Å²) in [6.45, 7) is 1.43. The maximum atomic E-state index is 12.9. The molecule has 4 aromatic rings. The van der Waals surface area contributed by atoms with Crippen molar-refractivity contribution in [2.24, 2.45) is 0 Å². The van der Waals surface area contributed by atoms with Crippen molar-refractivity contribution < 1.29 is 14.3 Å². The van der Waals surface area contributed by atoms with E-state index in [1.54, 1.807) is 30.4 Å². The number of halogens is 1. The van der Waals surface area contributed by atoms with Crippen LogP contribution < -0.4 is 14.4 Å². The van der Waals surface area contributed by atoms with Gasteiger partial charge in [-0.15, -0.1) is 0 Å². The minimum absolute atomic E-state index is 0.0980. The molecular weight excluding hydrogens is 454 g/mol. The third kappa shape index (κ3) is 3.45. The molecule has 2 aliphatic rings. The van der Waals surface area contributed by atoms with Crippen molar-refractivity contribution >= 4 is 34.2 Å². The van der Waals surface area contributed by atoms with Gasteiger partial charge in [-0.1, -0.05) is 17.7 Å². The van der Waals surface area contributed by atoms with E-state index < -0.39 is 5.60 Å². The molecule has 0 unspecified atom stereocenters. The third-order valence-electron chi connectivity index (χ3n) is 6.67. The predicted molar refractivity (Wildman–Crippen MR) is 128 cm³/mol. The summed E-state index contributed by atoms with van der Waals surface area (Å²) in [6, 6.07) is 12.9. The Hall–Kier alpha value is -3.65. The van der Waals surface area contributed by atoms with Gasteiger partial charge in [0.1, 0.15) is 29.2 Å². The van der Waals surface area contributed by atoms with Crippen LogP contribution in [0.3, 0.4) is 0 Å². The number of ketones is 1. The van der Waals surface area contributed by atoms with Crippen LogP contribution in [-0.2, 0) is 0 Å². The fraction of sp³-hybridized carbons (Fsp3) is 0.280. The molecule has 0 aliphatic carbocycles. The van der Waals surface area contributed by atoms with E-state index in [-0.39, 0.29) is 5.78 Å². The molecule has 0 atom stereocenters. The lowest BCUT2D eigenvalue weighted by Crippen LogP contribution is -2.51. The van der Waals surface area contributed by atoms with Gasteiger partial charge >= 0.3 is 0 Å². The van der Waals surface area contributed by atoms with Gasteiger partial charge in [0.2, 0.25) is 0 Å². The van der Waals surface area contributed by atoms with Gasteiger partial charge in [0.25, 0.3) is 0 Å². The first-order valence-corrected chi connectivity index (χ1v) is 11.5. The van der Waals surface area contributed by atoms with Crippen LogP contribution in [0.4, 0.5) is 5.82 Å². The lowest BCUT2D eigenvalue weighted by molar-refractivity contribution is 0.0230. The average Bonchev–Trinajstić information content (AvgIpc) is 3.29. The molecule has 2 aliphatic heterocycles. The molecule has 9 heteroatoms. The second-order valence-electron chi connectivity index (χ2n) is 8.70. The van der Waals surface area contributed by atoms with E-state index >= 15 is 0 Å². The number of methoxy groups -OCH3 is 1. The molecule has 6 rings (SSSR count). The topological polar surface area (TPSA) is 82.4 Å². The van der Waals surface area contributed by atoms with Crippen LogP contribution >= 0.6 is 11.6 Å². The number of benzene rings is 2. The smallest absolute Gasteiger partial charge is 0.170 e. The Morgan fingerprint density at radius 3 is 2.76 bits per heavy atom. The Morgan fingerprint density at radius 2 is 1.97 bits per heavy atom. The second kappa shape index (κ2) is 7.99. The number of carbonyl (C=O) groups excluding carboxylic acids is 1. The molecule has 1 fully saturated rings. The molecule has 2 aromatic heterocycles. The van der Waals surface area contributed by atoms with E-state index in [1.165, 1.54) is 0 Å². The van der Waals surface area contributed by atoms with Gasteiger partial charge < -0.3 is 14.4 Å². The predicted octanol–water partition coefficient (Wildman–Crippen LogP) is 4.48. The molecule has 172 valence electrons. The molecule has 8 nitrogen and oxygen atoms in total. The largest absolute Gasteiger partial charge is 0.497 e. The maximum absolute atomic E-state index is 12.9. The molecule has 4 heterocycles. The van der Waals surface area contributed by atoms with Crippen LogP contribution in [0.1, 0.15) is 29.6 Å². The Morgan fingerprint density at radius 1 is 1.12 bits per heavy atom. The molecule has 0 amide bonds. The summed E-state index contributed by atoms with van der Waals surface area (Å²) < 4.78 is 13.4. The van der Waals surface area contributed by atoms with Crippen molar-refractivity contribution in [1.29, 1.82) is 0 Å². The standard InChI is InChI=1S/C25H22ClN5O3/c1-33-18-5-6-22-19(12-18)21(32)13-25(34-22)7-9-30(10-8-25)23-20-14-29-31(24(20)28-15-27-23)17-4-2-3-16(26)11-17/h2-6,11-12,14-15H,7-10,13H2,1H3. The minimum Gasteiger partial charge on any atom is -0.497 e. The fourth-order valence-electron chi connectivity index (χ4n) is 4.89. The normalized spacial score (nSPS) is 17.0. The first kappa shape index (κ1) is 20.9. The monoisotopic (exact) mass is 475 g/mol. The number of Topliss-reactive ketones (excluding diaryl/α,β-unsaturated/α-hetero) is 1. The molecule has 34 heavy (non-hydrogen) atoms. The van der Waals surface area contributed by atoms with Gasteiger partial charge in [-0.25, -0.2) is 14.6 Å². The van der Waals surface area contributed by atoms with Crippen LogP contribution in [0.5, 0.6) is 11.5 Å². The fourth-order valence-corrected chi connectivity index (χ4v) is 5.07. The number of fused-ring (bicyclic) bond motifs is 2. The van der Waals surface area contributed by atoms with Crippen LogP contribution in [0, 0.1) is 0 Å². The van der Waals surface area contributed by atoms with Gasteiger partial charge in [-0.2, -0.15) is 5.10 Å². The van der Waals surface area contributed by atoms with Crippen molar-refractivity contribution in [3.8, 4) is 17.2 Å². The number of ether oxygens (including phenoxy) is 2. The molecule has 2 aromatic carbocycles. The van der Waals surface area contributed by atoms with Crippen molar-refractivity contribution in [1.82, 2.24) is 19.7 Å². The zero-order chi connectivity index (χ0) is 23.3. The van der Waals surface area contributed by atoms with Crippen LogP contribution in [0.15, 0.2) is 55.0 Å². The zero-order valence-corrected chi connectivity index (χ0v) is 19.3. The highest BCUT2D eigenvalue weighted by atomic mass is 35.5. The lowest BCUT2D eigenvalue weighted by atomic mass is 9.82. The summed E-state index contributed by atoms with van der Waals surface area (Å²) in [5.74, 6) is 2.23. The van der Waals surface area contributed by atoms with Crippen LogP contribution in [0.25, 0.3) is 16.7 Å². The second-order valence-corrected chi connectivity index (χ2v) is 9.14. The van der Waals surface area contributed by atoms with Crippen molar-refractivity contribution in [2.75, 3.05) is 25.1 Å². The summed E-state index contributed by atoms with van der Waals surface area (Å²) in [6.07, 6.45) is 5.17. The maximum Gasteiger partial charge on any atom is 0.170 e. The SMILES string of the molecule is COc1ccc2c(c1)C(=O)CC1(CCN(c3ncnc4c3cnn4-c3cccc(Cl)c3)CC1)O2. The number of rotatable bonds is 3. The summed E-state index contributed by atoms with van der Waals surface area (Å²) >= 11 is 6.17. The molecule has 0 radical (unpaired) electrons. The Kier molecular flexibility index (Phi) is 4.91. The van der Waals surface area contributed by atoms with Crippen molar-refractivity contribution in [3.63, 3.8) is 0 Å². The van der Waals surface area contributed by atoms with Gasteiger partial charge in [-0.05, 0) is 36.4 Å². The van der Waals surface area contributed by atoms with Crippen LogP contribution in [-0.4, -0.2) is 51.3 Å². The van der Waals surface area contributed by atoms with Crippen LogP contribution in [0.2, 0.25) is 5.02 Å². The first-order valence-electron chi connectivity index (χ1n) is 11.2. The summed E-state index contributed by atoms with van der Waals surface area (Å²) in [7, 11) is 1.59. The van der Waals surface area contributed by atoms with E-state index in [9.17, 15) is 4.79 Å². The number of hydrogen-bond donors (Lipinski definition) is 0. The van der Waals surface area contributed by atoms with Gasteiger partial charge in [-0.3, -0.25) is 4.79 Å². The van der Waals surface area contributed by atoms with E-state index in [1.807, 2.05) is 36.4 Å². The van der Waals surface area contributed by atoms with E-state index in [0.29, 0.717) is 41.6 Å². The number of carbonyl (C=O) groups is 1. The lowest BCUT2D eigenvalue weighted by Gasteiger charge is -2.44. The number of nitrogens with zero attached hydrogens (tertiary/aromatic N) is 5. The van der Waals surface area contributed by atoms with E-state index in [2.05, 4.69) is 20.0 Å². The molecular formula is C25H22ClN5O3. The van der Waals surface area contributed by atoms with E-state index in [0.717, 1.165) is 35.4 Å². The molecule has 0 N–H and O–H groups in total. The van der Waals surface area contributed by atoms with Gasteiger partial charge in [0.15, 0.2) is 11.4 Å². The molecule has 1 spiro atoms. The Bertz CT molecular complexity index is 1410. The van der Waals surface area contributed by atoms with Gasteiger partial charge in [0.05, 0.1) is 36.4 Å². The third-order valence-corrected chi connectivity index (χ3v) is 6.90. The molecule has 1 saturated heterocycles. The quantitative estimate of drug-likeness (QED) is 0.432. The zero-order valence-electron chi connectivity index (χ0n) is 18.6. The van der Waals surface area contributed by atoms with Gasteiger partial charge in [0, 0.05) is 31.0 Å². The highest BCUT2D eigenvalue weighted by molar-refractivity contribution is 6.30. The first-order chi connectivity index (χ1) is 16.5. The summed E-state index contributed by atoms with van der Waals surface area (Å²) in [5.41, 5.74) is 1.67. The Balaban J connectivity index is 1.26. The van der Waals surface area contributed by atoms with Crippen molar-refractivity contribution in [3.05, 3.63) is 65.6 Å². The van der Waals surface area contributed by atoms with Crippen molar-refractivity contribution in [2.45, 2.75) is 24.9 Å². The summed E-state index contributed by atoms with van der Waals surface area (Å²) in [5, 5.41) is 6.05. The highest BCUT2D eigenvalue weighted by Crippen LogP contribution is 2.41. The number of hydrogen-bond acceptors (Lipinski definition) is 7. The van der Waals surface area contributed by atoms with E-state index in [4.69, 9.17) is 21.1 Å². The Labute approximate surface area is 201 Å². The highest BCUT2D eigenvalue weighted by Gasteiger charge is 2.43. The summed E-state index contributed by atoms with van der Waals surface area (Å²) in [4.78, 5) is 24.2. The molecule has 0 bridgehead atoms. The molecule has 0 saturated carbocycles. The number of anilines is 1. The minimum atomic E-state index is -0.494. The number of piperidine rings is 1. The number of aromatic nitrogens is 4. The average molecular weight is 476 g/mol.